The summed E-state index contributed by atoms with van der Waals surface area (Å²) in [5, 5.41) is 13.8. The summed E-state index contributed by atoms with van der Waals surface area (Å²) in [7, 11) is 0. The van der Waals surface area contributed by atoms with E-state index >= 15 is 0 Å². The van der Waals surface area contributed by atoms with Gasteiger partial charge in [-0.25, -0.2) is 0 Å². The first-order valence-corrected chi connectivity index (χ1v) is 17.5. The van der Waals surface area contributed by atoms with Crippen molar-refractivity contribution in [2.45, 2.75) is 81.7 Å². The lowest BCUT2D eigenvalue weighted by atomic mass is 9.70. The molecule has 0 radical (unpaired) electrons. The molecule has 3 saturated heterocycles. The molecule has 7 atom stereocenters. The van der Waals surface area contributed by atoms with Gasteiger partial charge in [0.25, 0.3) is 0 Å². The first-order chi connectivity index (χ1) is 23.8. The number of hydrogen-bond acceptors (Lipinski definition) is 7. The Bertz CT molecular complexity index is 1480. The van der Waals surface area contributed by atoms with Crippen molar-refractivity contribution in [3.05, 3.63) is 97.1 Å². The van der Waals surface area contributed by atoms with E-state index in [4.69, 9.17) is 9.47 Å². The van der Waals surface area contributed by atoms with E-state index in [0.717, 1.165) is 24.0 Å². The number of hydrogen-bond donors (Lipinski definition) is 2. The minimum absolute atomic E-state index is 0.0848. The van der Waals surface area contributed by atoms with Crippen LogP contribution < -0.4 is 5.32 Å². The van der Waals surface area contributed by atoms with Gasteiger partial charge < -0.3 is 29.7 Å². The van der Waals surface area contributed by atoms with Crippen LogP contribution in [0.2, 0.25) is 0 Å². The van der Waals surface area contributed by atoms with Crippen molar-refractivity contribution >= 4 is 23.7 Å². The van der Waals surface area contributed by atoms with Gasteiger partial charge in [0.05, 0.1) is 36.6 Å². The summed E-state index contributed by atoms with van der Waals surface area (Å²) in [5.41, 5.74) is 0.436. The van der Waals surface area contributed by atoms with Crippen LogP contribution in [0.15, 0.2) is 86.0 Å². The molecule has 2 aromatic rings. The molecule has 0 aromatic heterocycles. The van der Waals surface area contributed by atoms with Crippen LogP contribution in [-0.2, 0) is 35.1 Å². The number of esters is 1. The normalized spacial score (nSPS) is 24.9. The number of fused-ring (bicyclic) bond motifs is 1. The topological polar surface area (TPSA) is 125 Å². The van der Waals surface area contributed by atoms with Gasteiger partial charge in [0.1, 0.15) is 18.2 Å². The number of aliphatic hydroxyl groups excluding tert-OH is 1. The van der Waals surface area contributed by atoms with Gasteiger partial charge >= 0.3 is 5.97 Å². The van der Waals surface area contributed by atoms with Crippen molar-refractivity contribution in [3.8, 4) is 0 Å². The molecule has 0 unspecified atom stereocenters. The Hall–Kier alpha value is -4.28. The Morgan fingerprint density at radius 1 is 1.12 bits per heavy atom. The molecule has 0 aliphatic carbocycles. The van der Waals surface area contributed by atoms with Crippen LogP contribution in [0, 0.1) is 11.8 Å². The van der Waals surface area contributed by atoms with E-state index in [9.17, 15) is 24.3 Å². The molecule has 3 aliphatic heterocycles. The molecule has 3 heterocycles. The number of carbonyl (C=O) groups excluding carboxylic acids is 4. The van der Waals surface area contributed by atoms with E-state index in [1.54, 1.807) is 17.1 Å². The van der Waals surface area contributed by atoms with E-state index in [-0.39, 0.29) is 31.4 Å². The molecular formula is C39H49N3O7. The fraction of sp³-hybridized carbons (Fsp3) is 0.487. The average molecular weight is 672 g/mol. The van der Waals surface area contributed by atoms with Gasteiger partial charge in [-0.05, 0) is 43.2 Å². The molecular weight excluding hydrogens is 622 g/mol. The van der Waals surface area contributed by atoms with E-state index in [2.05, 4.69) is 18.5 Å². The van der Waals surface area contributed by atoms with Crippen LogP contribution in [-0.4, -0.2) is 88.7 Å². The molecule has 10 nitrogen and oxygen atoms in total. The standard InChI is InChI=1S/C39H49N3O7/c1-4-7-19-32(44)48-26-30(28-17-13-10-14-18-28)40-36(45)33-31-20-21-39(49-31)34(33)37(46)42(29(25-43)24-27-15-11-9-12-16-27)35(39)38(47)41(22-6-3)23-8-5-2/h4,6,9-18,29-31,33-35,43H,1,3,5,7-8,19-26H2,2H3,(H,40,45)/t29-,30-,31-,33+,34+,35-,39+/m1/s1. The van der Waals surface area contributed by atoms with Crippen molar-refractivity contribution in [2.75, 3.05) is 26.3 Å². The minimum atomic E-state index is -1.23. The lowest BCUT2D eigenvalue weighted by Gasteiger charge is -2.39. The number of carbonyl (C=O) groups is 4. The molecule has 1 spiro atoms. The highest BCUT2D eigenvalue weighted by atomic mass is 16.5. The Morgan fingerprint density at radius 3 is 2.49 bits per heavy atom. The van der Waals surface area contributed by atoms with Crippen molar-refractivity contribution < 1.29 is 33.8 Å². The van der Waals surface area contributed by atoms with E-state index < -0.39 is 53.5 Å². The first kappa shape index (κ1) is 36.0. The van der Waals surface area contributed by atoms with E-state index in [0.29, 0.717) is 38.8 Å². The number of nitrogens with zero attached hydrogens (tertiary/aromatic N) is 2. The predicted molar refractivity (Wildman–Crippen MR) is 185 cm³/mol. The average Bonchev–Trinajstić information content (AvgIpc) is 3.77. The van der Waals surface area contributed by atoms with E-state index in [1.807, 2.05) is 67.6 Å². The van der Waals surface area contributed by atoms with Crippen LogP contribution in [0.5, 0.6) is 0 Å². The Balaban J connectivity index is 1.48. The SMILES string of the molecule is C=CCCC(=O)OC[C@@H](NC(=O)[C@@H]1[C@H]2C(=O)N([C@@H](CO)Cc3ccccc3)[C@H](C(=O)N(CC=C)CCCC)[C@]23CC[C@H]1O3)c1ccccc1. The van der Waals surface area contributed by atoms with Gasteiger partial charge in [-0.1, -0.05) is 86.2 Å². The predicted octanol–water partition coefficient (Wildman–Crippen LogP) is 4.15. The highest BCUT2D eigenvalue weighted by molar-refractivity contribution is 5.99. The van der Waals surface area contributed by atoms with Gasteiger partial charge in [-0.2, -0.15) is 0 Å². The summed E-state index contributed by atoms with van der Waals surface area (Å²) in [5.74, 6) is -3.22. The third-order valence-electron chi connectivity index (χ3n) is 10.1. The van der Waals surface area contributed by atoms with Crippen molar-refractivity contribution in [1.82, 2.24) is 15.1 Å². The van der Waals surface area contributed by atoms with Crippen LogP contribution in [0.4, 0.5) is 0 Å². The molecule has 10 heteroatoms. The maximum Gasteiger partial charge on any atom is 0.306 e. The van der Waals surface area contributed by atoms with E-state index in [1.165, 1.54) is 4.90 Å². The van der Waals surface area contributed by atoms with Gasteiger partial charge in [0.2, 0.25) is 17.7 Å². The summed E-state index contributed by atoms with van der Waals surface area (Å²) >= 11 is 0. The summed E-state index contributed by atoms with van der Waals surface area (Å²) < 4.78 is 12.2. The highest BCUT2D eigenvalue weighted by Gasteiger charge is 2.75. The van der Waals surface area contributed by atoms with Crippen LogP contribution in [0.3, 0.4) is 0 Å². The largest absolute Gasteiger partial charge is 0.463 e. The molecule has 5 rings (SSSR count). The van der Waals surface area contributed by atoms with Crippen molar-refractivity contribution in [1.29, 1.82) is 0 Å². The van der Waals surface area contributed by atoms with Crippen LogP contribution in [0.25, 0.3) is 0 Å². The summed E-state index contributed by atoms with van der Waals surface area (Å²) in [4.78, 5) is 59.3. The highest BCUT2D eigenvalue weighted by Crippen LogP contribution is 2.59. The van der Waals surface area contributed by atoms with Gasteiger partial charge in [0, 0.05) is 19.5 Å². The number of aliphatic hydroxyl groups is 1. The maximum absolute atomic E-state index is 14.7. The summed E-state index contributed by atoms with van der Waals surface area (Å²) in [6, 6.07) is 16.4. The zero-order valence-corrected chi connectivity index (χ0v) is 28.4. The van der Waals surface area contributed by atoms with Gasteiger partial charge in [0.15, 0.2) is 0 Å². The molecule has 2 N–H and O–H groups in total. The Labute approximate surface area is 289 Å². The zero-order chi connectivity index (χ0) is 35.0. The first-order valence-electron chi connectivity index (χ1n) is 17.5. The van der Waals surface area contributed by atoms with Crippen molar-refractivity contribution in [2.24, 2.45) is 11.8 Å². The molecule has 2 bridgehead atoms. The third kappa shape index (κ3) is 7.50. The molecule has 49 heavy (non-hydrogen) atoms. The third-order valence-corrected chi connectivity index (χ3v) is 10.1. The molecule has 2 aromatic carbocycles. The van der Waals surface area contributed by atoms with Gasteiger partial charge in [-0.3, -0.25) is 19.2 Å². The summed E-state index contributed by atoms with van der Waals surface area (Å²) in [6.45, 7) is 9.91. The number of amides is 3. The summed E-state index contributed by atoms with van der Waals surface area (Å²) in [6.07, 6.45) is 6.34. The molecule has 3 amide bonds. The second kappa shape index (κ2) is 16.4. The molecule has 3 fully saturated rings. The quantitative estimate of drug-likeness (QED) is 0.180. The lowest BCUT2D eigenvalue weighted by Crippen LogP contribution is -2.59. The van der Waals surface area contributed by atoms with Gasteiger partial charge in [-0.15, -0.1) is 13.2 Å². The zero-order valence-electron chi connectivity index (χ0n) is 28.4. The smallest absolute Gasteiger partial charge is 0.306 e. The van der Waals surface area contributed by atoms with Crippen LogP contribution >= 0.6 is 0 Å². The lowest BCUT2D eigenvalue weighted by molar-refractivity contribution is -0.151. The monoisotopic (exact) mass is 671 g/mol. The Kier molecular flexibility index (Phi) is 12.1. The number of allylic oxidation sites excluding steroid dienone is 1. The second-order valence-electron chi connectivity index (χ2n) is 13.2. The Morgan fingerprint density at radius 2 is 1.84 bits per heavy atom. The molecule has 0 saturated carbocycles. The number of benzene rings is 2. The number of nitrogens with one attached hydrogen (secondary N) is 1. The number of unbranched alkanes of at least 4 members (excludes halogenated alkanes) is 1. The minimum Gasteiger partial charge on any atom is -0.463 e. The fourth-order valence-electron chi connectivity index (χ4n) is 7.81. The number of likely N-dealkylation sites (tertiary alicyclic amines) is 1. The second-order valence-corrected chi connectivity index (χ2v) is 13.2. The number of rotatable bonds is 18. The van der Waals surface area contributed by atoms with Crippen LogP contribution in [0.1, 0.15) is 62.6 Å². The fourth-order valence-corrected chi connectivity index (χ4v) is 7.81. The number of ether oxygens (including phenoxy) is 2. The molecule has 3 aliphatic rings. The van der Waals surface area contributed by atoms with Crippen molar-refractivity contribution in [3.63, 3.8) is 0 Å². The maximum atomic E-state index is 14.7. The molecule has 262 valence electrons.